The summed E-state index contributed by atoms with van der Waals surface area (Å²) in [6, 6.07) is 0. The van der Waals surface area contributed by atoms with E-state index in [4.69, 9.17) is 8.85 Å². The molecule has 0 fully saturated rings. The summed E-state index contributed by atoms with van der Waals surface area (Å²) in [7, 11) is 0.206. The highest BCUT2D eigenvalue weighted by molar-refractivity contribution is 6.44. The van der Waals surface area contributed by atoms with E-state index in [-0.39, 0.29) is 0 Å². The maximum Gasteiger partial charge on any atom is 0.406 e. The third-order valence-corrected chi connectivity index (χ3v) is 2.72. The lowest BCUT2D eigenvalue weighted by molar-refractivity contribution is 0.151. The molecule has 5 nitrogen and oxygen atoms in total. The van der Waals surface area contributed by atoms with Gasteiger partial charge in [0.05, 0.1) is 12.8 Å². The number of carbonyl (C=O) groups excluding carboxylic acids is 1. The third kappa shape index (κ3) is 6.56. The molecule has 0 aliphatic rings. The first-order valence-electron chi connectivity index (χ1n) is 4.17. The zero-order valence-corrected chi connectivity index (χ0v) is 9.25. The molecule has 6 heteroatoms. The normalized spacial score (nSPS) is 10.2. The first-order valence-corrected chi connectivity index (χ1v) is 5.70. The van der Waals surface area contributed by atoms with Gasteiger partial charge in [0.1, 0.15) is 0 Å². The van der Waals surface area contributed by atoms with Gasteiger partial charge in [-0.05, 0) is 13.8 Å². The Kier molecular flexibility index (Phi) is 7.66. The number of rotatable bonds is 6. The molecule has 0 atom stereocenters. The topological polar surface area (TPSA) is 56.8 Å². The highest BCUT2D eigenvalue weighted by Crippen LogP contribution is 1.86. The van der Waals surface area contributed by atoms with E-state index in [1.807, 2.05) is 6.92 Å². The van der Waals surface area contributed by atoms with Crippen molar-refractivity contribution in [3.63, 3.8) is 0 Å². The highest BCUT2D eigenvalue weighted by atomic mass is 28.3. The van der Waals surface area contributed by atoms with Gasteiger partial charge < -0.3 is 18.9 Å². The molecule has 1 amide bonds. The first-order chi connectivity index (χ1) is 6.24. The van der Waals surface area contributed by atoms with Crippen LogP contribution in [0.15, 0.2) is 0 Å². The Morgan fingerprint density at radius 3 is 2.54 bits per heavy atom. The van der Waals surface area contributed by atoms with Gasteiger partial charge in [-0.3, -0.25) is 0 Å². The van der Waals surface area contributed by atoms with E-state index in [1.165, 1.54) is 0 Å². The van der Waals surface area contributed by atoms with Crippen molar-refractivity contribution in [1.29, 1.82) is 0 Å². The van der Waals surface area contributed by atoms with E-state index in [0.717, 1.165) is 0 Å². The highest BCUT2D eigenvalue weighted by Gasteiger charge is 2.14. The average molecular weight is 206 g/mol. The van der Waals surface area contributed by atoms with Crippen molar-refractivity contribution < 1.29 is 18.4 Å². The van der Waals surface area contributed by atoms with Crippen LogP contribution in [-0.2, 0) is 13.6 Å². The van der Waals surface area contributed by atoms with Crippen LogP contribution >= 0.6 is 0 Å². The van der Waals surface area contributed by atoms with Gasteiger partial charge in [0, 0.05) is 13.7 Å². The molecular formula is C7H16NO4Si. The molecule has 0 spiro atoms. The molecule has 0 saturated carbocycles. The van der Waals surface area contributed by atoms with Gasteiger partial charge in [-0.15, -0.1) is 0 Å². The van der Waals surface area contributed by atoms with Crippen LogP contribution in [0.25, 0.3) is 0 Å². The van der Waals surface area contributed by atoms with Gasteiger partial charge in [0.25, 0.3) is 0 Å². The minimum Gasteiger partial charge on any atom is -0.450 e. The minimum atomic E-state index is -1.36. The van der Waals surface area contributed by atoms with E-state index in [1.54, 1.807) is 14.0 Å². The summed E-state index contributed by atoms with van der Waals surface area (Å²) in [5.41, 5.74) is 0. The summed E-state index contributed by atoms with van der Waals surface area (Å²) < 4.78 is 14.9. The monoisotopic (exact) mass is 206 g/mol. The quantitative estimate of drug-likeness (QED) is 0.641. The van der Waals surface area contributed by atoms with Gasteiger partial charge in [0.15, 0.2) is 0 Å². The predicted molar refractivity (Wildman–Crippen MR) is 49.4 cm³/mol. The zero-order chi connectivity index (χ0) is 10.1. The Morgan fingerprint density at radius 1 is 1.38 bits per heavy atom. The lowest BCUT2D eigenvalue weighted by Crippen LogP contribution is -2.38. The van der Waals surface area contributed by atoms with Gasteiger partial charge in [-0.25, -0.2) is 4.79 Å². The molecule has 0 heterocycles. The van der Waals surface area contributed by atoms with Crippen molar-refractivity contribution in [1.82, 2.24) is 5.32 Å². The average Bonchev–Trinajstić information content (AvgIpc) is 2.12. The fraction of sp³-hybridized carbons (Fsp3) is 0.857. The molecule has 0 bridgehead atoms. The van der Waals surface area contributed by atoms with Gasteiger partial charge in [-0.1, -0.05) is 0 Å². The lowest BCUT2D eigenvalue weighted by Gasteiger charge is -2.11. The Morgan fingerprint density at radius 2 is 2.08 bits per heavy atom. The standard InChI is InChI=1S/C7H16NO4Si/c1-4-11-7(9)8-6-13(10-3)12-5-2/h4-6H2,1-3H3,(H,8,9). The molecule has 0 aliphatic heterocycles. The van der Waals surface area contributed by atoms with Crippen molar-refractivity contribution in [2.45, 2.75) is 13.8 Å². The Hall–Kier alpha value is -0.593. The smallest absolute Gasteiger partial charge is 0.406 e. The van der Waals surface area contributed by atoms with E-state index in [2.05, 4.69) is 10.1 Å². The van der Waals surface area contributed by atoms with Crippen LogP contribution in [0.3, 0.4) is 0 Å². The molecular weight excluding hydrogens is 190 g/mol. The fourth-order valence-electron chi connectivity index (χ4n) is 0.670. The second-order valence-corrected chi connectivity index (χ2v) is 3.88. The summed E-state index contributed by atoms with van der Waals surface area (Å²) in [5, 5.41) is 2.55. The maximum absolute atomic E-state index is 10.8. The number of amides is 1. The molecule has 0 aromatic heterocycles. The van der Waals surface area contributed by atoms with Crippen LogP contribution < -0.4 is 5.32 Å². The summed E-state index contributed by atoms with van der Waals surface area (Å²) in [5.74, 6) is 0. The van der Waals surface area contributed by atoms with E-state index < -0.39 is 15.4 Å². The Bertz CT molecular complexity index is 144. The second kappa shape index (κ2) is 8.03. The number of hydrogen-bond acceptors (Lipinski definition) is 4. The molecule has 13 heavy (non-hydrogen) atoms. The van der Waals surface area contributed by atoms with Crippen LogP contribution in [0.1, 0.15) is 13.8 Å². The molecule has 1 N–H and O–H groups in total. The largest absolute Gasteiger partial charge is 0.450 e. The lowest BCUT2D eigenvalue weighted by atomic mass is 10.9. The number of carbonyl (C=O) groups is 1. The molecule has 0 aliphatic carbocycles. The van der Waals surface area contributed by atoms with Crippen molar-refractivity contribution in [2.24, 2.45) is 0 Å². The van der Waals surface area contributed by atoms with Crippen molar-refractivity contribution >= 4 is 15.4 Å². The maximum atomic E-state index is 10.8. The predicted octanol–water partition coefficient (Wildman–Crippen LogP) is 0.443. The Balaban J connectivity index is 3.52. The van der Waals surface area contributed by atoms with Crippen molar-refractivity contribution in [3.8, 4) is 0 Å². The van der Waals surface area contributed by atoms with E-state index in [0.29, 0.717) is 19.4 Å². The zero-order valence-electron chi connectivity index (χ0n) is 8.25. The first kappa shape index (κ1) is 12.4. The fourth-order valence-corrected chi connectivity index (χ4v) is 1.64. The minimum absolute atomic E-state index is 0.371. The summed E-state index contributed by atoms with van der Waals surface area (Å²) in [4.78, 5) is 10.8. The summed E-state index contributed by atoms with van der Waals surface area (Å²) >= 11 is 0. The Labute approximate surface area is 80.2 Å². The van der Waals surface area contributed by atoms with Gasteiger partial charge >= 0.3 is 15.4 Å². The SMILES string of the molecule is CCOC(=O)NC[Si](OC)OCC. The number of hydrogen-bond donors (Lipinski definition) is 1. The number of nitrogens with one attached hydrogen (secondary N) is 1. The molecule has 0 unspecified atom stereocenters. The van der Waals surface area contributed by atoms with Crippen LogP contribution in [-0.4, -0.2) is 41.9 Å². The van der Waals surface area contributed by atoms with Crippen LogP contribution in [0.4, 0.5) is 4.79 Å². The molecule has 0 aromatic rings. The van der Waals surface area contributed by atoms with E-state index >= 15 is 0 Å². The molecule has 0 rings (SSSR count). The van der Waals surface area contributed by atoms with Crippen LogP contribution in [0, 0.1) is 0 Å². The van der Waals surface area contributed by atoms with Crippen molar-refractivity contribution in [2.75, 3.05) is 26.5 Å². The molecule has 1 radical (unpaired) electrons. The molecule has 0 saturated heterocycles. The van der Waals surface area contributed by atoms with Crippen molar-refractivity contribution in [3.05, 3.63) is 0 Å². The molecule has 0 aromatic carbocycles. The van der Waals surface area contributed by atoms with Gasteiger partial charge in [0.2, 0.25) is 0 Å². The number of ether oxygens (including phenoxy) is 1. The van der Waals surface area contributed by atoms with Gasteiger partial charge in [-0.2, -0.15) is 0 Å². The third-order valence-electron chi connectivity index (χ3n) is 1.19. The number of alkyl carbamates (subject to hydrolysis) is 1. The van der Waals surface area contributed by atoms with Crippen LogP contribution in [0.2, 0.25) is 0 Å². The summed E-state index contributed by atoms with van der Waals surface area (Å²) in [6.07, 6.45) is -0.0323. The molecule has 77 valence electrons. The van der Waals surface area contributed by atoms with E-state index in [9.17, 15) is 4.79 Å². The van der Waals surface area contributed by atoms with Crippen LogP contribution in [0.5, 0.6) is 0 Å². The second-order valence-electron chi connectivity index (χ2n) is 2.08. The summed E-state index contributed by atoms with van der Waals surface area (Å²) in [6.45, 7) is 4.60.